The van der Waals surface area contributed by atoms with E-state index in [1.54, 1.807) is 35.6 Å². The molecule has 0 saturated carbocycles. The van der Waals surface area contributed by atoms with Crippen LogP contribution in [0.3, 0.4) is 0 Å². The minimum atomic E-state index is -0.127. The van der Waals surface area contributed by atoms with Gasteiger partial charge in [-0.2, -0.15) is 0 Å². The highest BCUT2D eigenvalue weighted by Gasteiger charge is 2.08. The van der Waals surface area contributed by atoms with Gasteiger partial charge in [0, 0.05) is 23.3 Å². The summed E-state index contributed by atoms with van der Waals surface area (Å²) in [6.07, 6.45) is 4.91. The smallest absolute Gasteiger partial charge is 0.251 e. The Labute approximate surface area is 173 Å². The minimum Gasteiger partial charge on any atom is -0.487 e. The number of pyridine rings is 1. The number of rotatable bonds is 7. The molecule has 1 N–H and O–H groups in total. The van der Waals surface area contributed by atoms with Crippen LogP contribution in [0.1, 0.15) is 39.2 Å². The van der Waals surface area contributed by atoms with Gasteiger partial charge in [-0.25, -0.2) is 9.97 Å². The first-order chi connectivity index (χ1) is 14.1. The van der Waals surface area contributed by atoms with Crippen LogP contribution in [0.15, 0.2) is 54.2 Å². The fourth-order valence-corrected chi connectivity index (χ4v) is 3.70. The van der Waals surface area contributed by atoms with Gasteiger partial charge in [0.25, 0.3) is 5.91 Å². The molecule has 0 saturated heterocycles. The molecule has 4 aromatic rings. The lowest BCUT2D eigenvalue weighted by molar-refractivity contribution is 0.0950. The lowest BCUT2D eigenvalue weighted by Crippen LogP contribution is -2.22. The van der Waals surface area contributed by atoms with Crippen LogP contribution in [0.4, 0.5) is 0 Å². The van der Waals surface area contributed by atoms with Gasteiger partial charge in [0.05, 0.1) is 22.9 Å². The van der Waals surface area contributed by atoms with Crippen LogP contribution in [0.5, 0.6) is 5.75 Å². The summed E-state index contributed by atoms with van der Waals surface area (Å²) in [5.74, 6) is 0.570. The molecule has 0 unspecified atom stereocenters. The van der Waals surface area contributed by atoms with Crippen LogP contribution < -0.4 is 10.1 Å². The highest BCUT2D eigenvalue weighted by atomic mass is 32.1. The number of aryl methyl sites for hydroxylation is 2. The Morgan fingerprint density at radius 3 is 2.69 bits per heavy atom. The van der Waals surface area contributed by atoms with Gasteiger partial charge in [-0.3, -0.25) is 4.79 Å². The van der Waals surface area contributed by atoms with E-state index >= 15 is 0 Å². The fourth-order valence-electron chi connectivity index (χ4n) is 2.95. The summed E-state index contributed by atoms with van der Waals surface area (Å²) in [6, 6.07) is 11.1. The van der Waals surface area contributed by atoms with Gasteiger partial charge in [0.15, 0.2) is 0 Å². The maximum absolute atomic E-state index is 12.3. The van der Waals surface area contributed by atoms with E-state index in [-0.39, 0.29) is 5.91 Å². The lowest BCUT2D eigenvalue weighted by atomic mass is 10.2. The van der Waals surface area contributed by atoms with Gasteiger partial charge in [-0.15, -0.1) is 11.3 Å². The maximum Gasteiger partial charge on any atom is 0.251 e. The fraction of sp³-hybridized carbons (Fsp3) is 0.227. The molecule has 6 nitrogen and oxygen atoms in total. The standard InChI is InChI=1S/C22H22N4O2S/c1-3-21-25-17(14-29-21)10-23-22(27)16-5-7-19(8-6-16)28-13-18-12-26-11-15(2)4-9-20(26)24-18/h4-9,11-12,14H,3,10,13H2,1-2H3,(H,23,27). The van der Waals surface area contributed by atoms with Crippen molar-refractivity contribution in [2.75, 3.05) is 0 Å². The summed E-state index contributed by atoms with van der Waals surface area (Å²) in [4.78, 5) is 21.3. The van der Waals surface area contributed by atoms with Crippen LogP contribution in [0.2, 0.25) is 0 Å². The van der Waals surface area contributed by atoms with E-state index < -0.39 is 0 Å². The van der Waals surface area contributed by atoms with E-state index in [1.165, 1.54) is 5.56 Å². The van der Waals surface area contributed by atoms with Crippen molar-refractivity contribution in [2.45, 2.75) is 33.4 Å². The number of benzene rings is 1. The SMILES string of the molecule is CCc1nc(CNC(=O)c2ccc(OCc3cn4cc(C)ccc4n3)cc2)cs1. The Hall–Kier alpha value is -3.19. The van der Waals surface area contributed by atoms with Crippen molar-refractivity contribution in [1.82, 2.24) is 19.7 Å². The van der Waals surface area contributed by atoms with Crippen LogP contribution in [-0.4, -0.2) is 20.3 Å². The zero-order valence-electron chi connectivity index (χ0n) is 16.4. The first-order valence-corrected chi connectivity index (χ1v) is 10.4. The molecule has 4 rings (SSSR count). The molecule has 3 heterocycles. The quantitative estimate of drug-likeness (QED) is 0.500. The van der Waals surface area contributed by atoms with Crippen LogP contribution in [-0.2, 0) is 19.6 Å². The molecule has 1 aromatic carbocycles. The lowest BCUT2D eigenvalue weighted by Gasteiger charge is -2.06. The van der Waals surface area contributed by atoms with E-state index in [9.17, 15) is 4.79 Å². The molecule has 0 atom stereocenters. The van der Waals surface area contributed by atoms with Gasteiger partial charge in [0.1, 0.15) is 18.0 Å². The molecule has 0 spiro atoms. The van der Waals surface area contributed by atoms with Gasteiger partial charge < -0.3 is 14.5 Å². The monoisotopic (exact) mass is 406 g/mol. The molecule has 148 valence electrons. The van der Waals surface area contributed by atoms with E-state index in [0.29, 0.717) is 24.5 Å². The summed E-state index contributed by atoms with van der Waals surface area (Å²) in [6.45, 7) is 4.92. The van der Waals surface area contributed by atoms with Crippen LogP contribution in [0, 0.1) is 6.92 Å². The van der Waals surface area contributed by atoms with Crippen molar-refractivity contribution in [3.63, 3.8) is 0 Å². The third-order valence-electron chi connectivity index (χ3n) is 4.48. The zero-order valence-corrected chi connectivity index (χ0v) is 17.2. The van der Waals surface area contributed by atoms with E-state index in [4.69, 9.17) is 4.74 Å². The van der Waals surface area contributed by atoms with Crippen molar-refractivity contribution in [2.24, 2.45) is 0 Å². The number of ether oxygens (including phenoxy) is 1. The summed E-state index contributed by atoms with van der Waals surface area (Å²) in [7, 11) is 0. The Bertz CT molecular complexity index is 1130. The molecule has 0 aliphatic carbocycles. The van der Waals surface area contributed by atoms with Gasteiger partial charge in [0.2, 0.25) is 0 Å². The Balaban J connectivity index is 1.32. The average Bonchev–Trinajstić information content (AvgIpc) is 3.36. The largest absolute Gasteiger partial charge is 0.487 e. The van der Waals surface area contributed by atoms with Crippen molar-refractivity contribution in [3.8, 4) is 5.75 Å². The number of thiazole rings is 1. The molecule has 0 aliphatic heterocycles. The second kappa shape index (κ2) is 8.45. The number of nitrogens with one attached hydrogen (secondary N) is 1. The molecular formula is C22H22N4O2S. The molecule has 0 bridgehead atoms. The van der Waals surface area contributed by atoms with Crippen LogP contribution >= 0.6 is 11.3 Å². The second-order valence-electron chi connectivity index (χ2n) is 6.79. The second-order valence-corrected chi connectivity index (χ2v) is 7.73. The van der Waals surface area contributed by atoms with Gasteiger partial charge >= 0.3 is 0 Å². The molecule has 3 aromatic heterocycles. The number of fused-ring (bicyclic) bond motifs is 1. The Kier molecular flexibility index (Phi) is 5.57. The average molecular weight is 407 g/mol. The van der Waals surface area contributed by atoms with Gasteiger partial charge in [-0.1, -0.05) is 13.0 Å². The molecular weight excluding hydrogens is 384 g/mol. The molecule has 0 radical (unpaired) electrons. The molecule has 0 fully saturated rings. The van der Waals surface area contributed by atoms with E-state index in [2.05, 4.69) is 22.2 Å². The summed E-state index contributed by atoms with van der Waals surface area (Å²) in [5, 5.41) is 5.96. The maximum atomic E-state index is 12.3. The first kappa shape index (κ1) is 19.1. The summed E-state index contributed by atoms with van der Waals surface area (Å²) in [5.41, 5.74) is 4.41. The predicted octanol–water partition coefficient (Wildman–Crippen LogP) is 4.17. The molecule has 29 heavy (non-hydrogen) atoms. The molecule has 1 amide bonds. The number of imidazole rings is 1. The van der Waals surface area contributed by atoms with Crippen molar-refractivity contribution in [1.29, 1.82) is 0 Å². The Morgan fingerprint density at radius 2 is 1.93 bits per heavy atom. The number of carbonyl (C=O) groups excluding carboxylic acids is 1. The zero-order chi connectivity index (χ0) is 20.2. The predicted molar refractivity (Wildman–Crippen MR) is 113 cm³/mol. The minimum absolute atomic E-state index is 0.127. The van der Waals surface area contributed by atoms with Crippen LogP contribution in [0.25, 0.3) is 5.65 Å². The Morgan fingerprint density at radius 1 is 1.10 bits per heavy atom. The first-order valence-electron chi connectivity index (χ1n) is 9.49. The number of carbonyl (C=O) groups is 1. The number of amides is 1. The van der Waals surface area contributed by atoms with Gasteiger partial charge in [-0.05, 0) is 49.2 Å². The van der Waals surface area contributed by atoms with E-state index in [1.807, 2.05) is 41.2 Å². The highest BCUT2D eigenvalue weighted by Crippen LogP contribution is 2.15. The normalized spacial score (nSPS) is 11.0. The number of hydrogen-bond donors (Lipinski definition) is 1. The van der Waals surface area contributed by atoms with Crippen molar-refractivity contribution >= 4 is 22.9 Å². The number of aromatic nitrogens is 3. The summed E-state index contributed by atoms with van der Waals surface area (Å²) >= 11 is 1.62. The van der Waals surface area contributed by atoms with E-state index in [0.717, 1.165) is 28.5 Å². The third kappa shape index (κ3) is 4.63. The van der Waals surface area contributed by atoms with Crippen molar-refractivity contribution in [3.05, 3.63) is 81.7 Å². The van der Waals surface area contributed by atoms with Crippen molar-refractivity contribution < 1.29 is 9.53 Å². The highest BCUT2D eigenvalue weighted by molar-refractivity contribution is 7.09. The third-order valence-corrected chi connectivity index (χ3v) is 5.53. The topological polar surface area (TPSA) is 68.5 Å². The number of nitrogens with zero attached hydrogens (tertiary/aromatic N) is 3. The summed E-state index contributed by atoms with van der Waals surface area (Å²) < 4.78 is 7.81. The molecule has 0 aliphatic rings. The number of hydrogen-bond acceptors (Lipinski definition) is 5. The molecule has 7 heteroatoms.